The number of nitrogens with zero attached hydrogens (tertiary/aromatic N) is 1. The molecule has 1 aliphatic rings. The number of fused-ring (bicyclic) bond motifs is 1. The van der Waals surface area contributed by atoms with Crippen LogP contribution in [-0.4, -0.2) is 17.6 Å². The Morgan fingerprint density at radius 3 is 2.75 bits per heavy atom. The van der Waals surface area contributed by atoms with Crippen LogP contribution in [0.5, 0.6) is 0 Å². The van der Waals surface area contributed by atoms with Crippen LogP contribution in [-0.2, 0) is 6.42 Å². The van der Waals surface area contributed by atoms with E-state index in [-0.39, 0.29) is 10.6 Å². The lowest BCUT2D eigenvalue weighted by atomic mass is 10.0. The summed E-state index contributed by atoms with van der Waals surface area (Å²) in [6.45, 7) is 0.916. The monoisotopic (exact) mass is 287 g/mol. The van der Waals surface area contributed by atoms with Crippen molar-refractivity contribution in [3.05, 3.63) is 58.6 Å². The van der Waals surface area contributed by atoms with Gasteiger partial charge < -0.3 is 10.0 Å². The molecule has 0 amide bonds. The number of carbonyl (C=O) groups is 1. The lowest BCUT2D eigenvalue weighted by Crippen LogP contribution is -2.24. The van der Waals surface area contributed by atoms with Crippen molar-refractivity contribution >= 4 is 28.9 Å². The van der Waals surface area contributed by atoms with Gasteiger partial charge in [-0.25, -0.2) is 4.79 Å². The standard InChI is InChI=1S/C16H14ClNO2/c17-14-10-12(7-8-13(14)16(19)20)18-9-3-5-11-4-1-2-6-15(11)18/h1-2,4,6-8,10H,3,5,9H2,(H,19,20). The van der Waals surface area contributed by atoms with Crippen LogP contribution in [0.15, 0.2) is 42.5 Å². The number of carboxylic acids is 1. The number of hydrogen-bond acceptors (Lipinski definition) is 2. The number of benzene rings is 2. The van der Waals surface area contributed by atoms with Crippen molar-refractivity contribution in [2.45, 2.75) is 12.8 Å². The van der Waals surface area contributed by atoms with Gasteiger partial charge in [0.05, 0.1) is 10.6 Å². The molecule has 0 aromatic heterocycles. The van der Waals surface area contributed by atoms with Crippen LogP contribution >= 0.6 is 11.6 Å². The van der Waals surface area contributed by atoms with Gasteiger partial charge in [-0.05, 0) is 42.7 Å². The van der Waals surface area contributed by atoms with Gasteiger partial charge in [0.1, 0.15) is 0 Å². The molecule has 0 atom stereocenters. The number of anilines is 2. The number of para-hydroxylation sites is 1. The molecule has 20 heavy (non-hydrogen) atoms. The Kier molecular flexibility index (Phi) is 3.36. The van der Waals surface area contributed by atoms with E-state index in [2.05, 4.69) is 17.0 Å². The SMILES string of the molecule is O=C(O)c1ccc(N2CCCc3ccccc32)cc1Cl. The highest BCUT2D eigenvalue weighted by Gasteiger charge is 2.19. The Balaban J connectivity index is 2.03. The summed E-state index contributed by atoms with van der Waals surface area (Å²) in [5.41, 5.74) is 3.57. The van der Waals surface area contributed by atoms with E-state index < -0.39 is 5.97 Å². The summed E-state index contributed by atoms with van der Waals surface area (Å²) in [4.78, 5) is 13.2. The minimum atomic E-state index is -0.999. The highest BCUT2D eigenvalue weighted by molar-refractivity contribution is 6.33. The molecule has 0 radical (unpaired) electrons. The lowest BCUT2D eigenvalue weighted by Gasteiger charge is -2.31. The van der Waals surface area contributed by atoms with Crippen LogP contribution in [0, 0.1) is 0 Å². The second kappa shape index (κ2) is 5.17. The molecule has 0 bridgehead atoms. The molecule has 3 rings (SSSR count). The molecule has 2 aromatic rings. The van der Waals surface area contributed by atoms with E-state index >= 15 is 0 Å². The molecule has 0 unspecified atom stereocenters. The number of hydrogen-bond donors (Lipinski definition) is 1. The molecule has 0 saturated heterocycles. The molecule has 2 aromatic carbocycles. The molecular weight excluding hydrogens is 274 g/mol. The average molecular weight is 288 g/mol. The molecule has 1 heterocycles. The topological polar surface area (TPSA) is 40.5 Å². The summed E-state index contributed by atoms with van der Waals surface area (Å²) < 4.78 is 0. The van der Waals surface area contributed by atoms with Gasteiger partial charge >= 0.3 is 5.97 Å². The van der Waals surface area contributed by atoms with Crippen molar-refractivity contribution in [1.29, 1.82) is 0 Å². The summed E-state index contributed by atoms with van der Waals surface area (Å²) in [6.07, 6.45) is 2.16. The average Bonchev–Trinajstić information content (AvgIpc) is 2.46. The molecule has 0 spiro atoms. The van der Waals surface area contributed by atoms with E-state index in [4.69, 9.17) is 16.7 Å². The summed E-state index contributed by atoms with van der Waals surface area (Å²) >= 11 is 6.06. The Morgan fingerprint density at radius 1 is 1.20 bits per heavy atom. The van der Waals surface area contributed by atoms with Crippen molar-refractivity contribution in [3.63, 3.8) is 0 Å². The van der Waals surface area contributed by atoms with E-state index in [1.54, 1.807) is 12.1 Å². The number of aryl methyl sites for hydroxylation is 1. The quantitative estimate of drug-likeness (QED) is 0.903. The molecule has 1 aliphatic heterocycles. The Hall–Kier alpha value is -2.00. The van der Waals surface area contributed by atoms with E-state index in [0.717, 1.165) is 25.1 Å². The van der Waals surface area contributed by atoms with Crippen LogP contribution in [0.2, 0.25) is 5.02 Å². The highest BCUT2D eigenvalue weighted by Crippen LogP contribution is 2.35. The summed E-state index contributed by atoms with van der Waals surface area (Å²) in [5, 5.41) is 9.30. The maximum Gasteiger partial charge on any atom is 0.337 e. The van der Waals surface area contributed by atoms with Crippen molar-refractivity contribution in [2.75, 3.05) is 11.4 Å². The number of carboxylic acid groups (broad SMARTS) is 1. The lowest BCUT2D eigenvalue weighted by molar-refractivity contribution is 0.0697. The van der Waals surface area contributed by atoms with E-state index in [9.17, 15) is 4.79 Å². The fraction of sp³-hybridized carbons (Fsp3) is 0.188. The van der Waals surface area contributed by atoms with Crippen LogP contribution in [0.25, 0.3) is 0 Å². The van der Waals surface area contributed by atoms with Gasteiger partial charge in [-0.1, -0.05) is 29.8 Å². The highest BCUT2D eigenvalue weighted by atomic mass is 35.5. The van der Waals surface area contributed by atoms with Crippen LogP contribution < -0.4 is 4.90 Å². The van der Waals surface area contributed by atoms with Gasteiger partial charge in [-0.15, -0.1) is 0 Å². The Bertz CT molecular complexity index is 669. The van der Waals surface area contributed by atoms with Crippen LogP contribution in [0.1, 0.15) is 22.3 Å². The summed E-state index contributed by atoms with van der Waals surface area (Å²) in [6, 6.07) is 13.4. The van der Waals surface area contributed by atoms with Crippen molar-refractivity contribution in [2.24, 2.45) is 0 Å². The zero-order chi connectivity index (χ0) is 14.1. The first-order chi connectivity index (χ1) is 9.66. The number of halogens is 1. The van der Waals surface area contributed by atoms with Crippen LogP contribution in [0.4, 0.5) is 11.4 Å². The zero-order valence-corrected chi connectivity index (χ0v) is 11.6. The smallest absolute Gasteiger partial charge is 0.337 e. The predicted octanol–water partition coefficient (Wildman–Crippen LogP) is 4.12. The Morgan fingerprint density at radius 2 is 2.00 bits per heavy atom. The van der Waals surface area contributed by atoms with E-state index in [0.29, 0.717) is 0 Å². The van der Waals surface area contributed by atoms with Crippen molar-refractivity contribution < 1.29 is 9.90 Å². The van der Waals surface area contributed by atoms with Gasteiger partial charge in [0.2, 0.25) is 0 Å². The fourth-order valence-corrected chi connectivity index (χ4v) is 2.90. The predicted molar refractivity (Wildman–Crippen MR) is 80.2 cm³/mol. The van der Waals surface area contributed by atoms with E-state index in [1.807, 2.05) is 18.2 Å². The van der Waals surface area contributed by atoms with Gasteiger partial charge in [-0.3, -0.25) is 0 Å². The number of rotatable bonds is 2. The minimum Gasteiger partial charge on any atom is -0.478 e. The first-order valence-electron chi connectivity index (χ1n) is 6.55. The summed E-state index contributed by atoms with van der Waals surface area (Å²) in [5.74, 6) is -0.999. The first-order valence-corrected chi connectivity index (χ1v) is 6.93. The molecule has 0 saturated carbocycles. The maximum absolute atomic E-state index is 11.0. The summed E-state index contributed by atoms with van der Waals surface area (Å²) in [7, 11) is 0. The van der Waals surface area contributed by atoms with Crippen molar-refractivity contribution in [3.8, 4) is 0 Å². The third-order valence-corrected chi connectivity index (χ3v) is 3.92. The van der Waals surface area contributed by atoms with Gasteiger partial charge in [0.15, 0.2) is 0 Å². The third kappa shape index (κ3) is 2.25. The maximum atomic E-state index is 11.0. The van der Waals surface area contributed by atoms with Crippen molar-refractivity contribution in [1.82, 2.24) is 0 Å². The van der Waals surface area contributed by atoms with Crippen LogP contribution in [0.3, 0.4) is 0 Å². The van der Waals surface area contributed by atoms with Gasteiger partial charge in [-0.2, -0.15) is 0 Å². The molecule has 102 valence electrons. The third-order valence-electron chi connectivity index (χ3n) is 3.60. The molecule has 1 N–H and O–H groups in total. The van der Waals surface area contributed by atoms with Gasteiger partial charge in [0.25, 0.3) is 0 Å². The first kappa shape index (κ1) is 13.0. The molecule has 4 heteroatoms. The molecule has 3 nitrogen and oxygen atoms in total. The molecular formula is C16H14ClNO2. The van der Waals surface area contributed by atoms with Gasteiger partial charge in [0, 0.05) is 17.9 Å². The normalized spacial score (nSPS) is 13.9. The van der Waals surface area contributed by atoms with E-state index in [1.165, 1.54) is 11.3 Å². The number of aromatic carboxylic acids is 1. The zero-order valence-electron chi connectivity index (χ0n) is 10.8. The Labute approximate surface area is 122 Å². The minimum absolute atomic E-state index is 0.140. The molecule has 0 aliphatic carbocycles. The largest absolute Gasteiger partial charge is 0.478 e. The fourth-order valence-electron chi connectivity index (χ4n) is 2.65. The second-order valence-electron chi connectivity index (χ2n) is 4.85. The molecule has 0 fully saturated rings. The second-order valence-corrected chi connectivity index (χ2v) is 5.26.